The highest BCUT2D eigenvalue weighted by Gasteiger charge is 2.27. The highest BCUT2D eigenvalue weighted by molar-refractivity contribution is 9.10. The van der Waals surface area contributed by atoms with Crippen molar-refractivity contribution < 1.29 is 14.3 Å². The number of hydrogen-bond acceptors (Lipinski definition) is 3. The second-order valence-corrected chi connectivity index (χ2v) is 5.30. The fourth-order valence-electron chi connectivity index (χ4n) is 0.609. The third-order valence-electron chi connectivity index (χ3n) is 1.32. The van der Waals surface area contributed by atoms with Crippen LogP contribution in [0, 0.1) is 0 Å². The molecule has 0 fully saturated rings. The van der Waals surface area contributed by atoms with E-state index in [4.69, 9.17) is 9.47 Å². The number of hydrogen-bond donors (Lipinski definition) is 0. The van der Waals surface area contributed by atoms with Crippen molar-refractivity contribution >= 4 is 21.9 Å². The topological polar surface area (TPSA) is 35.5 Å². The maximum Gasteiger partial charge on any atom is 0.324 e. The SMILES string of the molecule is CCCOC(C)OC(=O)C(C)(C)Br. The average Bonchev–Trinajstić information content (AvgIpc) is 1.99. The van der Waals surface area contributed by atoms with Crippen LogP contribution in [-0.2, 0) is 14.3 Å². The Morgan fingerprint density at radius 2 is 2.08 bits per heavy atom. The van der Waals surface area contributed by atoms with E-state index in [0.717, 1.165) is 6.42 Å². The van der Waals surface area contributed by atoms with Crippen molar-refractivity contribution in [2.24, 2.45) is 0 Å². The van der Waals surface area contributed by atoms with Crippen LogP contribution in [0.5, 0.6) is 0 Å². The number of ether oxygens (including phenoxy) is 2. The quantitative estimate of drug-likeness (QED) is 0.429. The van der Waals surface area contributed by atoms with Crippen LogP contribution < -0.4 is 0 Å². The van der Waals surface area contributed by atoms with E-state index < -0.39 is 10.6 Å². The van der Waals surface area contributed by atoms with Gasteiger partial charge >= 0.3 is 5.97 Å². The number of alkyl halides is 1. The van der Waals surface area contributed by atoms with Gasteiger partial charge in [0.15, 0.2) is 6.29 Å². The molecule has 0 saturated heterocycles. The summed E-state index contributed by atoms with van der Waals surface area (Å²) in [6, 6.07) is 0. The number of carbonyl (C=O) groups excluding carboxylic acids is 1. The maximum absolute atomic E-state index is 11.3. The molecule has 0 aromatic carbocycles. The minimum absolute atomic E-state index is 0.309. The molecule has 1 atom stereocenters. The molecule has 0 saturated carbocycles. The number of halogens is 1. The summed E-state index contributed by atoms with van der Waals surface area (Å²) in [7, 11) is 0. The molecule has 4 heteroatoms. The van der Waals surface area contributed by atoms with Gasteiger partial charge in [-0.25, -0.2) is 0 Å². The molecule has 0 bridgehead atoms. The van der Waals surface area contributed by atoms with Gasteiger partial charge in [0.05, 0.1) is 6.61 Å². The first-order valence-electron chi connectivity index (χ1n) is 4.39. The van der Waals surface area contributed by atoms with Crippen molar-refractivity contribution in [3.8, 4) is 0 Å². The van der Waals surface area contributed by atoms with E-state index >= 15 is 0 Å². The summed E-state index contributed by atoms with van der Waals surface area (Å²) in [5, 5.41) is 0. The fourth-order valence-corrected chi connectivity index (χ4v) is 0.702. The van der Waals surface area contributed by atoms with E-state index in [0.29, 0.717) is 6.61 Å². The Balaban J connectivity index is 3.79. The van der Waals surface area contributed by atoms with Gasteiger partial charge in [0, 0.05) is 0 Å². The summed E-state index contributed by atoms with van der Waals surface area (Å²) >= 11 is 3.21. The summed E-state index contributed by atoms with van der Waals surface area (Å²) in [6.45, 7) is 7.80. The van der Waals surface area contributed by atoms with Crippen LogP contribution in [0.3, 0.4) is 0 Å². The third kappa shape index (κ3) is 6.05. The molecule has 0 amide bonds. The zero-order chi connectivity index (χ0) is 10.5. The van der Waals surface area contributed by atoms with Crippen LogP contribution >= 0.6 is 15.9 Å². The monoisotopic (exact) mass is 252 g/mol. The van der Waals surface area contributed by atoms with Gasteiger partial charge in [-0.1, -0.05) is 22.9 Å². The maximum atomic E-state index is 11.3. The van der Waals surface area contributed by atoms with Gasteiger partial charge in [0.25, 0.3) is 0 Å². The molecule has 3 nitrogen and oxygen atoms in total. The Morgan fingerprint density at radius 3 is 2.46 bits per heavy atom. The lowest BCUT2D eigenvalue weighted by Gasteiger charge is -2.19. The van der Waals surface area contributed by atoms with Gasteiger partial charge < -0.3 is 9.47 Å². The number of carbonyl (C=O) groups is 1. The van der Waals surface area contributed by atoms with Crippen LogP contribution in [-0.4, -0.2) is 23.2 Å². The summed E-state index contributed by atoms with van der Waals surface area (Å²) in [5.74, 6) is -0.309. The molecule has 0 aliphatic carbocycles. The normalized spacial score (nSPS) is 13.9. The van der Waals surface area contributed by atoms with Crippen molar-refractivity contribution in [2.45, 2.75) is 44.7 Å². The van der Waals surface area contributed by atoms with Crippen molar-refractivity contribution in [1.29, 1.82) is 0 Å². The Kier molecular flexibility index (Phi) is 5.56. The number of esters is 1. The average molecular weight is 253 g/mol. The molecule has 0 rings (SSSR count). The van der Waals surface area contributed by atoms with Gasteiger partial charge in [-0.3, -0.25) is 4.79 Å². The van der Waals surface area contributed by atoms with E-state index in [1.54, 1.807) is 20.8 Å². The lowest BCUT2D eigenvalue weighted by atomic mass is 10.2. The Labute approximate surface area is 87.9 Å². The van der Waals surface area contributed by atoms with Crippen molar-refractivity contribution in [3.63, 3.8) is 0 Å². The molecule has 78 valence electrons. The molecule has 13 heavy (non-hydrogen) atoms. The molecular formula is C9H17BrO3. The molecule has 0 N–H and O–H groups in total. The van der Waals surface area contributed by atoms with Gasteiger partial charge in [0.2, 0.25) is 0 Å². The Hall–Kier alpha value is -0.0900. The second kappa shape index (κ2) is 5.60. The van der Waals surface area contributed by atoms with Crippen LogP contribution in [0.2, 0.25) is 0 Å². The van der Waals surface area contributed by atoms with E-state index in [1.165, 1.54) is 0 Å². The lowest BCUT2D eigenvalue weighted by molar-refractivity contribution is -0.176. The molecule has 0 aliphatic rings. The fraction of sp³-hybridized carbons (Fsp3) is 0.889. The van der Waals surface area contributed by atoms with E-state index in [2.05, 4.69) is 15.9 Å². The van der Waals surface area contributed by atoms with Crippen LogP contribution in [0.15, 0.2) is 0 Å². The highest BCUT2D eigenvalue weighted by atomic mass is 79.9. The Morgan fingerprint density at radius 1 is 1.54 bits per heavy atom. The minimum Gasteiger partial charge on any atom is -0.435 e. The molecule has 0 radical (unpaired) electrons. The van der Waals surface area contributed by atoms with E-state index in [9.17, 15) is 4.79 Å². The summed E-state index contributed by atoms with van der Waals surface area (Å²) < 4.78 is 9.56. The van der Waals surface area contributed by atoms with Crippen molar-refractivity contribution in [1.82, 2.24) is 0 Å². The minimum atomic E-state index is -0.642. The molecule has 0 heterocycles. The predicted molar refractivity (Wildman–Crippen MR) is 54.8 cm³/mol. The van der Waals surface area contributed by atoms with Gasteiger partial charge in [0.1, 0.15) is 4.32 Å². The summed E-state index contributed by atoms with van der Waals surface area (Å²) in [5.41, 5.74) is 0. The molecule has 0 aromatic heterocycles. The largest absolute Gasteiger partial charge is 0.435 e. The number of rotatable bonds is 5. The molecule has 0 aromatic rings. The lowest BCUT2D eigenvalue weighted by Crippen LogP contribution is -2.31. The highest BCUT2D eigenvalue weighted by Crippen LogP contribution is 2.18. The molecular weight excluding hydrogens is 236 g/mol. The second-order valence-electron chi connectivity index (χ2n) is 3.32. The smallest absolute Gasteiger partial charge is 0.324 e. The van der Waals surface area contributed by atoms with Crippen molar-refractivity contribution in [3.05, 3.63) is 0 Å². The van der Waals surface area contributed by atoms with Gasteiger partial charge in [-0.15, -0.1) is 0 Å². The molecule has 0 spiro atoms. The summed E-state index contributed by atoms with van der Waals surface area (Å²) in [6.07, 6.45) is 0.448. The molecule has 1 unspecified atom stereocenters. The Bertz CT molecular complexity index is 163. The molecule has 0 aliphatic heterocycles. The van der Waals surface area contributed by atoms with E-state index in [-0.39, 0.29) is 5.97 Å². The van der Waals surface area contributed by atoms with Crippen molar-refractivity contribution in [2.75, 3.05) is 6.61 Å². The first kappa shape index (κ1) is 12.9. The zero-order valence-electron chi connectivity index (χ0n) is 8.59. The van der Waals surface area contributed by atoms with Crippen LogP contribution in [0.25, 0.3) is 0 Å². The first-order chi connectivity index (χ1) is 5.88. The van der Waals surface area contributed by atoms with Gasteiger partial charge in [-0.05, 0) is 27.2 Å². The third-order valence-corrected chi connectivity index (χ3v) is 1.64. The van der Waals surface area contributed by atoms with E-state index in [1.807, 2.05) is 6.92 Å². The zero-order valence-corrected chi connectivity index (χ0v) is 10.2. The standard InChI is InChI=1S/C9H17BrO3/c1-5-6-12-7(2)13-8(11)9(3,4)10/h7H,5-6H2,1-4H3. The van der Waals surface area contributed by atoms with Gasteiger partial charge in [-0.2, -0.15) is 0 Å². The summed E-state index contributed by atoms with van der Waals surface area (Å²) in [4.78, 5) is 11.3. The van der Waals surface area contributed by atoms with Crippen LogP contribution in [0.1, 0.15) is 34.1 Å². The van der Waals surface area contributed by atoms with Crippen LogP contribution in [0.4, 0.5) is 0 Å². The predicted octanol–water partition coefficient (Wildman–Crippen LogP) is 2.48. The first-order valence-corrected chi connectivity index (χ1v) is 5.18.